The molecular formula is C24H30O7. The summed E-state index contributed by atoms with van der Waals surface area (Å²) in [5, 5.41) is 33.2. The molecule has 0 amide bonds. The molecule has 0 saturated heterocycles. The van der Waals surface area contributed by atoms with Crippen molar-refractivity contribution >= 4 is 11.0 Å². The highest BCUT2D eigenvalue weighted by Gasteiger charge is 2.63. The first-order valence-corrected chi connectivity index (χ1v) is 10.9. The quantitative estimate of drug-likeness (QED) is 0.643. The standard InChI is InChI=1S/C24H30O7/c1-22(2,28)21(27)19(26)18-16-12-8-9-24(18,5)31-20-11-6-7-15(25)29-13(11)10-14(17(16)20)30-23(12,3)4/h6-7,10,12,16,18-19,21,26-28H,8-9H2,1-5H3/t12-,16-,18+,19?,21?,24+/m1/s1. The van der Waals surface area contributed by atoms with E-state index in [-0.39, 0.29) is 11.8 Å². The molecule has 7 nitrogen and oxygen atoms in total. The number of benzene rings is 1. The van der Waals surface area contributed by atoms with Crippen LogP contribution in [0.25, 0.3) is 11.0 Å². The van der Waals surface area contributed by atoms with E-state index in [1.807, 2.05) is 20.8 Å². The van der Waals surface area contributed by atoms with Crippen molar-refractivity contribution in [1.82, 2.24) is 0 Å². The highest BCUT2D eigenvalue weighted by atomic mass is 16.5. The van der Waals surface area contributed by atoms with Crippen molar-refractivity contribution in [2.45, 2.75) is 82.4 Å². The predicted octanol–water partition coefficient (Wildman–Crippen LogP) is 2.72. The summed E-state index contributed by atoms with van der Waals surface area (Å²) in [5.41, 5.74) is -1.98. The van der Waals surface area contributed by atoms with Crippen LogP contribution in [0.5, 0.6) is 11.5 Å². The van der Waals surface area contributed by atoms with E-state index in [4.69, 9.17) is 13.9 Å². The number of ether oxygens (including phenoxy) is 2. The van der Waals surface area contributed by atoms with Crippen LogP contribution < -0.4 is 15.1 Å². The highest BCUT2D eigenvalue weighted by molar-refractivity contribution is 5.88. The maximum Gasteiger partial charge on any atom is 0.336 e. The molecule has 0 radical (unpaired) electrons. The first-order chi connectivity index (χ1) is 14.3. The lowest BCUT2D eigenvalue weighted by Crippen LogP contribution is -2.64. The number of hydrogen-bond acceptors (Lipinski definition) is 7. The van der Waals surface area contributed by atoms with Gasteiger partial charge in [-0.1, -0.05) is 0 Å². The number of fused-ring (bicyclic) bond motifs is 3. The van der Waals surface area contributed by atoms with Gasteiger partial charge in [-0.2, -0.15) is 0 Å². The molecule has 0 spiro atoms. The molecule has 3 aliphatic rings. The summed E-state index contributed by atoms with van der Waals surface area (Å²) in [6.45, 7) is 9.00. The summed E-state index contributed by atoms with van der Waals surface area (Å²) in [4.78, 5) is 11.8. The van der Waals surface area contributed by atoms with Gasteiger partial charge in [0.2, 0.25) is 0 Å². The molecule has 1 aromatic heterocycles. The van der Waals surface area contributed by atoms with Crippen molar-refractivity contribution < 1.29 is 29.2 Å². The van der Waals surface area contributed by atoms with Gasteiger partial charge in [0.25, 0.3) is 0 Å². The summed E-state index contributed by atoms with van der Waals surface area (Å²) in [7, 11) is 0. The molecule has 7 heteroatoms. The monoisotopic (exact) mass is 430 g/mol. The average molecular weight is 430 g/mol. The topological polar surface area (TPSA) is 109 Å². The minimum atomic E-state index is -1.47. The van der Waals surface area contributed by atoms with E-state index >= 15 is 0 Å². The second kappa shape index (κ2) is 6.24. The van der Waals surface area contributed by atoms with Crippen LogP contribution in [-0.2, 0) is 0 Å². The Morgan fingerprint density at radius 2 is 1.87 bits per heavy atom. The number of hydrogen-bond donors (Lipinski definition) is 3. The van der Waals surface area contributed by atoms with Crippen molar-refractivity contribution in [2.24, 2.45) is 11.8 Å². The van der Waals surface area contributed by atoms with Crippen LogP contribution in [0.1, 0.15) is 58.9 Å². The zero-order chi connectivity index (χ0) is 22.5. The molecule has 31 heavy (non-hydrogen) atoms. The van der Waals surface area contributed by atoms with Gasteiger partial charge in [0.05, 0.1) is 17.1 Å². The molecule has 168 valence electrons. The molecule has 1 aromatic carbocycles. The van der Waals surface area contributed by atoms with E-state index in [2.05, 4.69) is 0 Å². The summed E-state index contributed by atoms with van der Waals surface area (Å²) in [5.74, 6) is 0.671. The normalized spacial score (nSPS) is 32.7. The van der Waals surface area contributed by atoms with Gasteiger partial charge < -0.3 is 29.2 Å². The second-order valence-electron chi connectivity index (χ2n) is 10.7. The molecule has 3 heterocycles. The fourth-order valence-corrected chi connectivity index (χ4v) is 6.17. The van der Waals surface area contributed by atoms with Gasteiger partial charge in [-0.3, -0.25) is 0 Å². The van der Waals surface area contributed by atoms with Gasteiger partial charge >= 0.3 is 5.63 Å². The van der Waals surface area contributed by atoms with E-state index in [0.717, 1.165) is 12.0 Å². The van der Waals surface area contributed by atoms with E-state index in [1.54, 1.807) is 12.1 Å². The summed E-state index contributed by atoms with van der Waals surface area (Å²) in [6.07, 6.45) is -1.04. The largest absolute Gasteiger partial charge is 0.487 e. The van der Waals surface area contributed by atoms with Gasteiger partial charge in [0.15, 0.2) is 0 Å². The number of aliphatic hydroxyl groups is 3. The predicted molar refractivity (Wildman–Crippen MR) is 113 cm³/mol. The SMILES string of the molecule is CC(C)(O)C(O)C(O)[C@@H]1[C@H]2c3c4cc5oc(=O)ccc5c3O[C@@]1(C)CC[C@H]2C(C)(C)O4. The molecule has 2 aliphatic heterocycles. The Bertz CT molecular complexity index is 1110. The minimum Gasteiger partial charge on any atom is -0.487 e. The Morgan fingerprint density at radius 3 is 2.55 bits per heavy atom. The molecular weight excluding hydrogens is 400 g/mol. The molecule has 5 rings (SSSR count). The van der Waals surface area contributed by atoms with Crippen molar-refractivity contribution in [3.05, 3.63) is 34.2 Å². The van der Waals surface area contributed by atoms with Crippen molar-refractivity contribution in [3.63, 3.8) is 0 Å². The smallest absolute Gasteiger partial charge is 0.336 e. The molecule has 3 N–H and O–H groups in total. The van der Waals surface area contributed by atoms with E-state index in [9.17, 15) is 20.1 Å². The second-order valence-corrected chi connectivity index (χ2v) is 10.7. The van der Waals surface area contributed by atoms with Crippen LogP contribution in [0.2, 0.25) is 0 Å². The lowest BCUT2D eigenvalue weighted by molar-refractivity contribution is -0.188. The van der Waals surface area contributed by atoms with Crippen molar-refractivity contribution in [1.29, 1.82) is 0 Å². The van der Waals surface area contributed by atoms with E-state index < -0.39 is 40.6 Å². The number of aliphatic hydroxyl groups excluding tert-OH is 2. The van der Waals surface area contributed by atoms with Crippen LogP contribution in [0.3, 0.4) is 0 Å². The van der Waals surface area contributed by atoms with Crippen molar-refractivity contribution in [3.8, 4) is 11.5 Å². The third kappa shape index (κ3) is 2.86. The molecule has 2 aromatic rings. The van der Waals surface area contributed by atoms with Gasteiger partial charge in [0.1, 0.15) is 34.4 Å². The van der Waals surface area contributed by atoms with Crippen LogP contribution in [0.15, 0.2) is 27.4 Å². The van der Waals surface area contributed by atoms with Crippen LogP contribution in [0.4, 0.5) is 0 Å². The summed E-state index contributed by atoms with van der Waals surface area (Å²) >= 11 is 0. The third-order valence-electron chi connectivity index (χ3n) is 7.71. The Balaban J connectivity index is 1.78. The molecule has 2 bridgehead atoms. The number of rotatable bonds is 3. The molecule has 1 aliphatic carbocycles. The molecule has 6 atom stereocenters. The Morgan fingerprint density at radius 1 is 1.16 bits per heavy atom. The fraction of sp³-hybridized carbons (Fsp3) is 0.625. The van der Waals surface area contributed by atoms with Crippen LogP contribution in [0, 0.1) is 11.8 Å². The molecule has 1 saturated carbocycles. The third-order valence-corrected chi connectivity index (χ3v) is 7.71. The van der Waals surface area contributed by atoms with Crippen LogP contribution in [-0.4, -0.2) is 44.3 Å². The van der Waals surface area contributed by atoms with E-state index in [1.165, 1.54) is 19.9 Å². The summed E-state index contributed by atoms with van der Waals surface area (Å²) < 4.78 is 18.4. The Labute approximate surface area is 180 Å². The highest BCUT2D eigenvalue weighted by Crippen LogP contribution is 2.64. The zero-order valence-electron chi connectivity index (χ0n) is 18.5. The zero-order valence-corrected chi connectivity index (χ0v) is 18.5. The minimum absolute atomic E-state index is 0.0811. The lowest BCUT2D eigenvalue weighted by atomic mass is 9.54. The first kappa shape index (κ1) is 20.8. The fourth-order valence-electron chi connectivity index (χ4n) is 6.17. The maximum atomic E-state index is 11.8. The van der Waals surface area contributed by atoms with Gasteiger partial charge in [0, 0.05) is 35.4 Å². The average Bonchev–Trinajstić information content (AvgIpc) is 2.64. The molecule has 2 unspecified atom stereocenters. The first-order valence-electron chi connectivity index (χ1n) is 10.9. The maximum absolute atomic E-state index is 11.8. The Hall–Kier alpha value is -2.09. The van der Waals surface area contributed by atoms with Crippen molar-refractivity contribution in [2.75, 3.05) is 0 Å². The lowest BCUT2D eigenvalue weighted by Gasteiger charge is -2.60. The molecule has 1 fully saturated rings. The Kier molecular flexibility index (Phi) is 4.19. The van der Waals surface area contributed by atoms with E-state index in [0.29, 0.717) is 28.9 Å². The van der Waals surface area contributed by atoms with Gasteiger partial charge in [-0.05, 0) is 53.5 Å². The summed E-state index contributed by atoms with van der Waals surface area (Å²) in [6, 6.07) is 4.80. The van der Waals surface area contributed by atoms with Gasteiger partial charge in [-0.25, -0.2) is 4.79 Å². The van der Waals surface area contributed by atoms with Crippen LogP contribution >= 0.6 is 0 Å². The van der Waals surface area contributed by atoms with Gasteiger partial charge in [-0.15, -0.1) is 0 Å².